The molecule has 1 saturated carbocycles. The lowest BCUT2D eigenvalue weighted by atomic mass is 9.93. The lowest BCUT2D eigenvalue weighted by Gasteiger charge is -2.27. The zero-order chi connectivity index (χ0) is 14.8. The molecule has 0 bridgehead atoms. The number of carbonyl (C=O) groups excluding carboxylic acids is 1. The van der Waals surface area contributed by atoms with Crippen LogP contribution in [0.5, 0.6) is 0 Å². The number of aliphatic carboxylic acids is 1. The predicted octanol–water partition coefficient (Wildman–Crippen LogP) is 1.24. The minimum Gasteiger partial charge on any atom is -0.481 e. The SMILES string of the molecule is O=C(O)C1CCC(NC(=O)C2NCCc3ccccc32)C1. The largest absolute Gasteiger partial charge is 0.481 e. The number of fused-ring (bicyclic) bond motifs is 1. The summed E-state index contributed by atoms with van der Waals surface area (Å²) in [7, 11) is 0. The number of carboxylic acids is 1. The van der Waals surface area contributed by atoms with E-state index in [0.717, 1.165) is 24.9 Å². The highest BCUT2D eigenvalue weighted by molar-refractivity contribution is 5.84. The molecule has 3 rings (SSSR count). The molecule has 3 N–H and O–H groups in total. The fourth-order valence-corrected chi connectivity index (χ4v) is 3.36. The number of carbonyl (C=O) groups is 2. The van der Waals surface area contributed by atoms with Crippen LogP contribution in [0.2, 0.25) is 0 Å². The molecular formula is C16H20N2O3. The highest BCUT2D eigenvalue weighted by Gasteiger charge is 2.33. The molecule has 5 nitrogen and oxygen atoms in total. The molecule has 1 amide bonds. The van der Waals surface area contributed by atoms with E-state index in [-0.39, 0.29) is 23.9 Å². The molecule has 21 heavy (non-hydrogen) atoms. The van der Waals surface area contributed by atoms with Crippen LogP contribution in [-0.4, -0.2) is 29.6 Å². The second kappa shape index (κ2) is 5.85. The molecule has 1 aliphatic heterocycles. The third-order valence-electron chi connectivity index (χ3n) is 4.50. The van der Waals surface area contributed by atoms with Gasteiger partial charge in [-0.05, 0) is 36.8 Å². The van der Waals surface area contributed by atoms with E-state index >= 15 is 0 Å². The van der Waals surface area contributed by atoms with Crippen molar-refractivity contribution in [2.24, 2.45) is 5.92 Å². The Hall–Kier alpha value is -1.88. The van der Waals surface area contributed by atoms with Gasteiger partial charge in [0, 0.05) is 12.6 Å². The maximum absolute atomic E-state index is 12.5. The van der Waals surface area contributed by atoms with Gasteiger partial charge < -0.3 is 15.7 Å². The molecule has 2 aliphatic rings. The van der Waals surface area contributed by atoms with E-state index in [1.807, 2.05) is 18.2 Å². The van der Waals surface area contributed by atoms with E-state index in [2.05, 4.69) is 16.7 Å². The highest BCUT2D eigenvalue weighted by atomic mass is 16.4. The van der Waals surface area contributed by atoms with Gasteiger partial charge in [-0.3, -0.25) is 9.59 Å². The van der Waals surface area contributed by atoms with Gasteiger partial charge in [-0.1, -0.05) is 24.3 Å². The maximum atomic E-state index is 12.5. The minimum absolute atomic E-state index is 0.0190. The Morgan fingerprint density at radius 3 is 2.81 bits per heavy atom. The number of amides is 1. The van der Waals surface area contributed by atoms with Gasteiger partial charge in [0.1, 0.15) is 6.04 Å². The predicted molar refractivity (Wildman–Crippen MR) is 77.8 cm³/mol. The molecule has 3 unspecified atom stereocenters. The number of rotatable bonds is 3. The second-order valence-electron chi connectivity index (χ2n) is 5.89. The average Bonchev–Trinajstić information content (AvgIpc) is 2.95. The Bertz CT molecular complexity index is 558. The number of nitrogens with one attached hydrogen (secondary N) is 2. The summed E-state index contributed by atoms with van der Waals surface area (Å²) in [5, 5.41) is 15.3. The van der Waals surface area contributed by atoms with Crippen LogP contribution in [0, 0.1) is 5.92 Å². The molecule has 1 fully saturated rings. The monoisotopic (exact) mass is 288 g/mol. The smallest absolute Gasteiger partial charge is 0.306 e. The fourth-order valence-electron chi connectivity index (χ4n) is 3.36. The Morgan fingerprint density at radius 1 is 1.24 bits per heavy atom. The summed E-state index contributed by atoms with van der Waals surface area (Å²) in [5.74, 6) is -1.12. The third-order valence-corrected chi connectivity index (χ3v) is 4.50. The zero-order valence-corrected chi connectivity index (χ0v) is 11.8. The molecule has 1 aliphatic carbocycles. The third kappa shape index (κ3) is 2.93. The van der Waals surface area contributed by atoms with Gasteiger partial charge in [0.25, 0.3) is 0 Å². The molecule has 1 aromatic carbocycles. The molecule has 1 heterocycles. The summed E-state index contributed by atoms with van der Waals surface area (Å²) in [4.78, 5) is 23.4. The van der Waals surface area contributed by atoms with Crippen LogP contribution >= 0.6 is 0 Å². The van der Waals surface area contributed by atoms with Crippen LogP contribution in [0.1, 0.15) is 36.4 Å². The summed E-state index contributed by atoms with van der Waals surface area (Å²) in [6.45, 7) is 0.789. The van der Waals surface area contributed by atoms with E-state index in [4.69, 9.17) is 5.11 Å². The first-order valence-corrected chi connectivity index (χ1v) is 7.49. The number of hydrogen-bond acceptors (Lipinski definition) is 3. The summed E-state index contributed by atoms with van der Waals surface area (Å²) < 4.78 is 0. The first-order valence-electron chi connectivity index (χ1n) is 7.49. The molecular weight excluding hydrogens is 268 g/mol. The van der Waals surface area contributed by atoms with Gasteiger partial charge in [0.2, 0.25) is 5.91 Å². The van der Waals surface area contributed by atoms with E-state index in [1.165, 1.54) is 5.56 Å². The average molecular weight is 288 g/mol. The van der Waals surface area contributed by atoms with Gasteiger partial charge in [0.05, 0.1) is 5.92 Å². The summed E-state index contributed by atoms with van der Waals surface area (Å²) in [6.07, 6.45) is 2.87. The molecule has 1 aromatic rings. The van der Waals surface area contributed by atoms with Crippen LogP contribution in [0.25, 0.3) is 0 Å². The second-order valence-corrected chi connectivity index (χ2v) is 5.89. The lowest BCUT2D eigenvalue weighted by molar-refractivity contribution is -0.141. The lowest BCUT2D eigenvalue weighted by Crippen LogP contribution is -2.44. The van der Waals surface area contributed by atoms with Crippen molar-refractivity contribution in [3.05, 3.63) is 35.4 Å². The molecule has 0 radical (unpaired) electrons. The maximum Gasteiger partial charge on any atom is 0.306 e. The topological polar surface area (TPSA) is 78.4 Å². The van der Waals surface area contributed by atoms with Gasteiger partial charge in [-0.2, -0.15) is 0 Å². The van der Waals surface area contributed by atoms with Gasteiger partial charge in [-0.25, -0.2) is 0 Å². The molecule has 112 valence electrons. The minimum atomic E-state index is -0.757. The van der Waals surface area contributed by atoms with E-state index in [0.29, 0.717) is 12.8 Å². The van der Waals surface area contributed by atoms with E-state index in [1.54, 1.807) is 0 Å². The molecule has 3 atom stereocenters. The van der Waals surface area contributed by atoms with Crippen molar-refractivity contribution in [2.75, 3.05) is 6.54 Å². The molecule has 0 spiro atoms. The first kappa shape index (κ1) is 14.1. The van der Waals surface area contributed by atoms with Crippen LogP contribution in [-0.2, 0) is 16.0 Å². The van der Waals surface area contributed by atoms with Crippen molar-refractivity contribution >= 4 is 11.9 Å². The van der Waals surface area contributed by atoms with Gasteiger partial charge in [-0.15, -0.1) is 0 Å². The fraction of sp³-hybridized carbons (Fsp3) is 0.500. The van der Waals surface area contributed by atoms with Crippen LogP contribution in [0.4, 0.5) is 0 Å². The Balaban J connectivity index is 1.66. The normalized spacial score (nSPS) is 27.9. The molecule has 5 heteroatoms. The summed E-state index contributed by atoms with van der Waals surface area (Å²) in [5.41, 5.74) is 2.25. The molecule has 0 aromatic heterocycles. The van der Waals surface area contributed by atoms with Crippen molar-refractivity contribution in [1.82, 2.24) is 10.6 Å². The van der Waals surface area contributed by atoms with Gasteiger partial charge in [0.15, 0.2) is 0 Å². The van der Waals surface area contributed by atoms with Gasteiger partial charge >= 0.3 is 5.97 Å². The van der Waals surface area contributed by atoms with Crippen molar-refractivity contribution < 1.29 is 14.7 Å². The summed E-state index contributed by atoms with van der Waals surface area (Å²) >= 11 is 0. The number of carboxylic acid groups (broad SMARTS) is 1. The summed E-state index contributed by atoms with van der Waals surface area (Å²) in [6, 6.07) is 7.65. The van der Waals surface area contributed by atoms with Crippen molar-refractivity contribution in [2.45, 2.75) is 37.8 Å². The Labute approximate surface area is 123 Å². The Kier molecular flexibility index (Phi) is 3.92. The quantitative estimate of drug-likeness (QED) is 0.782. The van der Waals surface area contributed by atoms with Crippen LogP contribution in [0.3, 0.4) is 0 Å². The number of benzene rings is 1. The van der Waals surface area contributed by atoms with Crippen molar-refractivity contribution in [3.63, 3.8) is 0 Å². The number of hydrogen-bond donors (Lipinski definition) is 3. The Morgan fingerprint density at radius 2 is 2.05 bits per heavy atom. The van der Waals surface area contributed by atoms with Crippen molar-refractivity contribution in [1.29, 1.82) is 0 Å². The zero-order valence-electron chi connectivity index (χ0n) is 11.8. The van der Waals surface area contributed by atoms with Crippen molar-refractivity contribution in [3.8, 4) is 0 Å². The molecule has 0 saturated heterocycles. The van der Waals surface area contributed by atoms with E-state index < -0.39 is 5.97 Å². The van der Waals surface area contributed by atoms with E-state index in [9.17, 15) is 9.59 Å². The van der Waals surface area contributed by atoms with Crippen LogP contribution in [0.15, 0.2) is 24.3 Å². The standard InChI is InChI=1S/C16H20N2O3/c19-15(18-12-6-5-11(9-12)16(20)21)14-13-4-2-1-3-10(13)7-8-17-14/h1-4,11-12,14,17H,5-9H2,(H,18,19)(H,20,21). The highest BCUT2D eigenvalue weighted by Crippen LogP contribution is 2.27. The van der Waals surface area contributed by atoms with Crippen LogP contribution < -0.4 is 10.6 Å². The first-order chi connectivity index (χ1) is 10.1.